The fourth-order valence-electron chi connectivity index (χ4n) is 3.02. The molecule has 1 fully saturated rings. The summed E-state index contributed by atoms with van der Waals surface area (Å²) in [4.78, 5) is 23.6. The van der Waals surface area contributed by atoms with E-state index >= 15 is 0 Å². The number of para-hydroxylation sites is 2. The summed E-state index contributed by atoms with van der Waals surface area (Å²) in [7, 11) is 0. The second-order valence-corrected chi connectivity index (χ2v) is 7.16. The Morgan fingerprint density at radius 2 is 1.67 bits per heavy atom. The summed E-state index contributed by atoms with van der Waals surface area (Å²) in [6, 6.07) is 15.5. The van der Waals surface area contributed by atoms with Gasteiger partial charge in [-0.1, -0.05) is 35.9 Å². The van der Waals surface area contributed by atoms with Gasteiger partial charge in [0.2, 0.25) is 5.91 Å². The largest absolute Gasteiger partial charge is 0.490 e. The number of carboxylic acid groups (broad SMARTS) is 1. The van der Waals surface area contributed by atoms with Crippen LogP contribution in [0.3, 0.4) is 0 Å². The predicted molar refractivity (Wildman–Crippen MR) is 110 cm³/mol. The molecule has 9 heteroatoms. The van der Waals surface area contributed by atoms with E-state index in [2.05, 4.69) is 16.3 Å². The molecule has 1 amide bonds. The van der Waals surface area contributed by atoms with Crippen molar-refractivity contribution in [3.8, 4) is 0 Å². The minimum absolute atomic E-state index is 0.0169. The third-order valence-corrected chi connectivity index (χ3v) is 4.61. The molecular formula is C21H22ClF3N2O3. The molecule has 0 spiro atoms. The third-order valence-electron chi connectivity index (χ3n) is 4.37. The van der Waals surface area contributed by atoms with Crippen LogP contribution in [0.25, 0.3) is 0 Å². The minimum Gasteiger partial charge on any atom is -0.475 e. The molecule has 30 heavy (non-hydrogen) atoms. The van der Waals surface area contributed by atoms with Crippen molar-refractivity contribution in [1.82, 2.24) is 0 Å². The van der Waals surface area contributed by atoms with Gasteiger partial charge in [-0.15, -0.1) is 0 Å². The fraction of sp³-hybridized carbons (Fsp3) is 0.333. The molecule has 5 nitrogen and oxygen atoms in total. The highest BCUT2D eigenvalue weighted by atomic mass is 35.5. The zero-order chi connectivity index (χ0) is 22.1. The van der Waals surface area contributed by atoms with E-state index in [1.807, 2.05) is 42.5 Å². The maximum Gasteiger partial charge on any atom is 0.490 e. The van der Waals surface area contributed by atoms with E-state index in [-0.39, 0.29) is 5.91 Å². The van der Waals surface area contributed by atoms with Crippen LogP contribution in [0, 0.1) is 0 Å². The normalized spacial score (nSPS) is 13.8. The van der Waals surface area contributed by atoms with E-state index in [1.165, 1.54) is 19.3 Å². The molecule has 162 valence electrons. The van der Waals surface area contributed by atoms with Gasteiger partial charge < -0.3 is 15.3 Å². The van der Waals surface area contributed by atoms with Crippen molar-refractivity contribution in [2.45, 2.75) is 31.9 Å². The maximum atomic E-state index is 12.4. The summed E-state index contributed by atoms with van der Waals surface area (Å²) >= 11 is 5.98. The molecule has 2 N–H and O–H groups in total. The van der Waals surface area contributed by atoms with E-state index in [0.29, 0.717) is 11.4 Å². The van der Waals surface area contributed by atoms with Crippen LogP contribution in [-0.4, -0.2) is 36.2 Å². The number of alkyl halides is 3. The fourth-order valence-corrected chi connectivity index (χ4v) is 3.23. The molecule has 1 aliphatic heterocycles. The third kappa shape index (κ3) is 7.59. The van der Waals surface area contributed by atoms with Crippen LogP contribution in [0.1, 0.15) is 24.8 Å². The number of rotatable bonds is 4. The molecule has 3 rings (SSSR count). The highest BCUT2D eigenvalue weighted by molar-refractivity contribution is 6.30. The number of aliphatic carboxylic acids is 1. The number of hydrogen-bond acceptors (Lipinski definition) is 3. The number of carbonyl (C=O) groups excluding carboxylic acids is 1. The number of amides is 1. The summed E-state index contributed by atoms with van der Waals surface area (Å²) in [6.07, 6.45) is -1.04. The molecule has 0 bridgehead atoms. The van der Waals surface area contributed by atoms with Crippen molar-refractivity contribution >= 4 is 34.9 Å². The van der Waals surface area contributed by atoms with Crippen molar-refractivity contribution in [2.24, 2.45) is 0 Å². The number of halogens is 4. The Labute approximate surface area is 177 Å². The number of carbonyl (C=O) groups is 2. The quantitative estimate of drug-likeness (QED) is 0.687. The Hall–Kier alpha value is -2.74. The maximum absolute atomic E-state index is 12.4. The van der Waals surface area contributed by atoms with Crippen molar-refractivity contribution in [3.05, 3.63) is 59.1 Å². The van der Waals surface area contributed by atoms with Gasteiger partial charge in [0.1, 0.15) is 0 Å². The Kier molecular flexibility index (Phi) is 8.53. The first-order valence-electron chi connectivity index (χ1n) is 9.35. The van der Waals surface area contributed by atoms with Gasteiger partial charge >= 0.3 is 12.1 Å². The summed E-state index contributed by atoms with van der Waals surface area (Å²) in [6.45, 7) is 2.11. The lowest BCUT2D eigenvalue weighted by molar-refractivity contribution is -0.192. The molecule has 2 aromatic rings. The van der Waals surface area contributed by atoms with Crippen molar-refractivity contribution in [1.29, 1.82) is 0 Å². The first-order chi connectivity index (χ1) is 14.2. The minimum atomic E-state index is -5.08. The van der Waals surface area contributed by atoms with Gasteiger partial charge in [-0.25, -0.2) is 4.79 Å². The van der Waals surface area contributed by atoms with E-state index in [9.17, 15) is 18.0 Å². The zero-order valence-electron chi connectivity index (χ0n) is 16.1. The average molecular weight is 443 g/mol. The SMILES string of the molecule is O=C(Cc1cccc(Cl)c1)Nc1ccccc1N1CCCCC1.O=C(O)C(F)(F)F. The van der Waals surface area contributed by atoms with Gasteiger partial charge in [0.15, 0.2) is 0 Å². The van der Waals surface area contributed by atoms with Crippen LogP contribution in [0.4, 0.5) is 24.5 Å². The van der Waals surface area contributed by atoms with Gasteiger partial charge in [-0.05, 0) is 49.1 Å². The van der Waals surface area contributed by atoms with Gasteiger partial charge in [0.05, 0.1) is 17.8 Å². The number of nitrogens with one attached hydrogen (secondary N) is 1. The van der Waals surface area contributed by atoms with Gasteiger partial charge in [0.25, 0.3) is 0 Å². The smallest absolute Gasteiger partial charge is 0.475 e. The Balaban J connectivity index is 0.000000396. The Morgan fingerprint density at radius 1 is 1.03 bits per heavy atom. The number of piperidine rings is 1. The predicted octanol–water partition coefficient (Wildman–Crippen LogP) is 5.14. The van der Waals surface area contributed by atoms with E-state index in [0.717, 1.165) is 30.0 Å². The van der Waals surface area contributed by atoms with E-state index < -0.39 is 12.1 Å². The molecule has 0 radical (unpaired) electrons. The van der Waals surface area contributed by atoms with Crippen LogP contribution in [0.2, 0.25) is 5.02 Å². The van der Waals surface area contributed by atoms with Crippen LogP contribution in [0.15, 0.2) is 48.5 Å². The summed E-state index contributed by atoms with van der Waals surface area (Å²) in [5.41, 5.74) is 2.93. The standard InChI is InChI=1S/C19H21ClN2O.C2HF3O2/c20-16-8-6-7-15(13-16)14-19(23)21-17-9-2-3-10-18(17)22-11-4-1-5-12-22;3-2(4,5)1(6)7/h2-3,6-10,13H,1,4-5,11-12,14H2,(H,21,23);(H,6,7). The van der Waals surface area contributed by atoms with Gasteiger partial charge in [0, 0.05) is 18.1 Å². The number of carboxylic acids is 1. The van der Waals surface area contributed by atoms with Gasteiger partial charge in [-0.3, -0.25) is 4.79 Å². The molecule has 0 atom stereocenters. The first-order valence-corrected chi connectivity index (χ1v) is 9.73. The van der Waals surface area contributed by atoms with Crippen LogP contribution < -0.4 is 10.2 Å². The highest BCUT2D eigenvalue weighted by Crippen LogP contribution is 2.28. The first kappa shape index (κ1) is 23.5. The van der Waals surface area contributed by atoms with E-state index in [4.69, 9.17) is 21.5 Å². The molecule has 1 heterocycles. The van der Waals surface area contributed by atoms with Crippen molar-refractivity contribution < 1.29 is 27.9 Å². The number of hydrogen-bond donors (Lipinski definition) is 2. The average Bonchev–Trinajstić information content (AvgIpc) is 2.69. The van der Waals surface area contributed by atoms with Gasteiger partial charge in [-0.2, -0.15) is 13.2 Å². The monoisotopic (exact) mass is 442 g/mol. The summed E-state index contributed by atoms with van der Waals surface area (Å²) in [5.74, 6) is -2.77. The molecule has 0 unspecified atom stereocenters. The second-order valence-electron chi connectivity index (χ2n) is 6.72. The topological polar surface area (TPSA) is 69.6 Å². The second kappa shape index (κ2) is 10.9. The van der Waals surface area contributed by atoms with Crippen molar-refractivity contribution in [3.63, 3.8) is 0 Å². The zero-order valence-corrected chi connectivity index (χ0v) is 16.8. The van der Waals surface area contributed by atoms with Crippen molar-refractivity contribution in [2.75, 3.05) is 23.3 Å². The lowest BCUT2D eigenvalue weighted by atomic mass is 10.1. The molecule has 2 aromatic carbocycles. The van der Waals surface area contributed by atoms with Crippen LogP contribution in [0.5, 0.6) is 0 Å². The summed E-state index contributed by atoms with van der Waals surface area (Å²) in [5, 5.41) is 10.8. The molecule has 0 saturated carbocycles. The number of anilines is 2. The summed E-state index contributed by atoms with van der Waals surface area (Å²) < 4.78 is 31.7. The molecule has 1 aliphatic rings. The van der Waals surface area contributed by atoms with E-state index in [1.54, 1.807) is 0 Å². The molecule has 0 aromatic heterocycles. The highest BCUT2D eigenvalue weighted by Gasteiger charge is 2.38. The molecule has 1 saturated heterocycles. The number of benzene rings is 2. The molecule has 0 aliphatic carbocycles. The lowest BCUT2D eigenvalue weighted by Gasteiger charge is -2.30. The molecular weight excluding hydrogens is 421 g/mol. The Bertz CT molecular complexity index is 869. The van der Waals surface area contributed by atoms with Crippen LogP contribution in [-0.2, 0) is 16.0 Å². The Morgan fingerprint density at radius 3 is 2.27 bits per heavy atom. The van der Waals surface area contributed by atoms with Crippen LogP contribution >= 0.6 is 11.6 Å². The lowest BCUT2D eigenvalue weighted by Crippen LogP contribution is -2.30. The number of nitrogens with zero attached hydrogens (tertiary/aromatic N) is 1.